The summed E-state index contributed by atoms with van der Waals surface area (Å²) in [5.41, 5.74) is 1.46. The molecule has 3 aromatic rings. The summed E-state index contributed by atoms with van der Waals surface area (Å²) in [6.07, 6.45) is 0.291. The van der Waals surface area contributed by atoms with Gasteiger partial charge in [-0.2, -0.15) is 18.3 Å². The van der Waals surface area contributed by atoms with Crippen molar-refractivity contribution < 1.29 is 18.0 Å². The van der Waals surface area contributed by atoms with Crippen molar-refractivity contribution in [3.05, 3.63) is 71.2 Å². The number of anilines is 1. The van der Waals surface area contributed by atoms with E-state index >= 15 is 0 Å². The van der Waals surface area contributed by atoms with Crippen molar-refractivity contribution in [2.45, 2.75) is 31.9 Å². The summed E-state index contributed by atoms with van der Waals surface area (Å²) >= 11 is 0. The van der Waals surface area contributed by atoms with Crippen LogP contribution >= 0.6 is 0 Å². The number of amides is 1. The van der Waals surface area contributed by atoms with E-state index < -0.39 is 11.7 Å². The van der Waals surface area contributed by atoms with E-state index in [2.05, 4.69) is 15.4 Å². The average molecular weight is 386 g/mol. The van der Waals surface area contributed by atoms with Crippen LogP contribution in [-0.2, 0) is 6.18 Å². The molecule has 5 nitrogen and oxygen atoms in total. The Labute approximate surface area is 159 Å². The van der Waals surface area contributed by atoms with Crippen molar-refractivity contribution in [3.63, 3.8) is 0 Å². The summed E-state index contributed by atoms with van der Waals surface area (Å²) in [6, 6.07) is 8.51. The summed E-state index contributed by atoms with van der Waals surface area (Å²) in [5, 5.41) is 6.96. The lowest BCUT2D eigenvalue weighted by atomic mass is 10.1. The Balaban J connectivity index is 1.70. The van der Waals surface area contributed by atoms with Gasteiger partial charge in [0.15, 0.2) is 0 Å². The van der Waals surface area contributed by atoms with E-state index in [0.717, 1.165) is 30.5 Å². The summed E-state index contributed by atoms with van der Waals surface area (Å²) < 4.78 is 40.6. The van der Waals surface area contributed by atoms with E-state index in [1.165, 1.54) is 16.9 Å². The topological polar surface area (TPSA) is 59.8 Å². The zero-order valence-corrected chi connectivity index (χ0v) is 15.0. The lowest BCUT2D eigenvalue weighted by Crippen LogP contribution is -2.15. The molecule has 144 valence electrons. The highest BCUT2D eigenvalue weighted by Gasteiger charge is 2.34. The molecule has 1 aliphatic rings. The summed E-state index contributed by atoms with van der Waals surface area (Å²) in [5.74, 6) is 0.139. The molecule has 0 atom stereocenters. The maximum absolute atomic E-state index is 13.1. The Bertz CT molecular complexity index is 1040. The van der Waals surface area contributed by atoms with E-state index in [0.29, 0.717) is 17.1 Å². The predicted octanol–water partition coefficient (Wildman–Crippen LogP) is 4.72. The quantitative estimate of drug-likeness (QED) is 0.706. The third-order valence-corrected chi connectivity index (χ3v) is 4.59. The summed E-state index contributed by atoms with van der Waals surface area (Å²) in [6.45, 7) is 1.89. The summed E-state index contributed by atoms with van der Waals surface area (Å²) in [4.78, 5) is 16.9. The fourth-order valence-electron chi connectivity index (χ4n) is 3.09. The van der Waals surface area contributed by atoms with Crippen molar-refractivity contribution in [1.29, 1.82) is 0 Å². The average Bonchev–Trinajstić information content (AvgIpc) is 3.39. The first-order chi connectivity index (χ1) is 13.3. The van der Waals surface area contributed by atoms with Crippen LogP contribution in [0.4, 0.5) is 19.0 Å². The normalized spacial score (nSPS) is 14.1. The molecule has 0 spiro atoms. The van der Waals surface area contributed by atoms with Crippen molar-refractivity contribution in [2.75, 3.05) is 5.32 Å². The smallest absolute Gasteiger partial charge is 0.306 e. The van der Waals surface area contributed by atoms with E-state index in [-0.39, 0.29) is 17.5 Å². The Morgan fingerprint density at radius 1 is 1.21 bits per heavy atom. The van der Waals surface area contributed by atoms with E-state index in [4.69, 9.17) is 0 Å². The highest BCUT2D eigenvalue weighted by Crippen LogP contribution is 2.43. The maximum atomic E-state index is 13.1. The molecule has 1 amide bonds. The molecule has 0 aliphatic heterocycles. The minimum Gasteiger partial charge on any atom is -0.306 e. The highest BCUT2D eigenvalue weighted by atomic mass is 19.4. The zero-order valence-electron chi connectivity index (χ0n) is 15.0. The van der Waals surface area contributed by atoms with Crippen LogP contribution in [0, 0.1) is 6.92 Å². The lowest BCUT2D eigenvalue weighted by Gasteiger charge is -2.12. The SMILES string of the molecule is Cc1ccnc(NC(=O)c2cnn(-c3cccc(C(F)(F)F)c3)c2C2CC2)c1. The number of carbonyl (C=O) groups is 1. The molecule has 2 heterocycles. The van der Waals surface area contributed by atoms with Gasteiger partial charge in [-0.1, -0.05) is 6.07 Å². The number of rotatable bonds is 4. The molecule has 1 fully saturated rings. The number of aryl methyl sites for hydroxylation is 1. The van der Waals surface area contributed by atoms with Crippen molar-refractivity contribution in [1.82, 2.24) is 14.8 Å². The fraction of sp³-hybridized carbons (Fsp3) is 0.250. The second-order valence-electron chi connectivity index (χ2n) is 6.85. The number of pyridine rings is 1. The van der Waals surface area contributed by atoms with Gasteiger partial charge in [0.05, 0.1) is 28.7 Å². The van der Waals surface area contributed by atoms with Crippen LogP contribution in [0.25, 0.3) is 5.69 Å². The minimum atomic E-state index is -4.44. The Kier molecular flexibility index (Phi) is 4.41. The van der Waals surface area contributed by atoms with Crippen LogP contribution in [0.15, 0.2) is 48.8 Å². The number of aromatic nitrogens is 3. The molecule has 0 bridgehead atoms. The van der Waals surface area contributed by atoms with Crippen molar-refractivity contribution >= 4 is 11.7 Å². The van der Waals surface area contributed by atoms with Gasteiger partial charge in [0.1, 0.15) is 5.82 Å². The first-order valence-corrected chi connectivity index (χ1v) is 8.82. The number of hydrogen-bond acceptors (Lipinski definition) is 3. The van der Waals surface area contributed by atoms with Gasteiger partial charge in [-0.15, -0.1) is 0 Å². The molecular weight excluding hydrogens is 369 g/mol. The van der Waals surface area contributed by atoms with Gasteiger partial charge in [0.2, 0.25) is 0 Å². The number of nitrogens with zero attached hydrogens (tertiary/aromatic N) is 3. The van der Waals surface area contributed by atoms with Crippen LogP contribution in [0.5, 0.6) is 0 Å². The lowest BCUT2D eigenvalue weighted by molar-refractivity contribution is -0.137. The van der Waals surface area contributed by atoms with Gasteiger partial charge < -0.3 is 5.32 Å². The molecule has 0 radical (unpaired) electrons. The molecule has 2 aromatic heterocycles. The van der Waals surface area contributed by atoms with Crippen molar-refractivity contribution in [2.24, 2.45) is 0 Å². The molecule has 28 heavy (non-hydrogen) atoms. The number of halogens is 3. The van der Waals surface area contributed by atoms with Gasteiger partial charge >= 0.3 is 6.18 Å². The third kappa shape index (κ3) is 3.62. The summed E-state index contributed by atoms with van der Waals surface area (Å²) in [7, 11) is 0. The molecule has 8 heteroatoms. The first kappa shape index (κ1) is 18.2. The predicted molar refractivity (Wildman–Crippen MR) is 97.5 cm³/mol. The van der Waals surface area contributed by atoms with Gasteiger partial charge in [-0.3, -0.25) is 4.79 Å². The monoisotopic (exact) mass is 386 g/mol. The van der Waals surface area contributed by atoms with Crippen LogP contribution in [0.1, 0.15) is 45.9 Å². The molecule has 1 aromatic carbocycles. The zero-order chi connectivity index (χ0) is 19.9. The Morgan fingerprint density at radius 3 is 2.68 bits per heavy atom. The molecule has 1 aliphatic carbocycles. The van der Waals surface area contributed by atoms with E-state index in [1.807, 2.05) is 13.0 Å². The molecular formula is C20H17F3N4O. The second kappa shape index (κ2) is 6.78. The molecule has 0 saturated heterocycles. The molecule has 0 unspecified atom stereocenters. The Morgan fingerprint density at radius 2 is 2.00 bits per heavy atom. The molecule has 1 N–H and O–H groups in total. The van der Waals surface area contributed by atoms with Gasteiger partial charge in [-0.25, -0.2) is 9.67 Å². The van der Waals surface area contributed by atoms with Gasteiger partial charge in [-0.05, 0) is 55.7 Å². The number of alkyl halides is 3. The van der Waals surface area contributed by atoms with Crippen molar-refractivity contribution in [3.8, 4) is 5.69 Å². The van der Waals surface area contributed by atoms with Crippen LogP contribution in [0.2, 0.25) is 0 Å². The van der Waals surface area contributed by atoms with Crippen LogP contribution < -0.4 is 5.32 Å². The number of hydrogen-bond donors (Lipinski definition) is 1. The van der Waals surface area contributed by atoms with Crippen LogP contribution in [0.3, 0.4) is 0 Å². The fourth-order valence-corrected chi connectivity index (χ4v) is 3.09. The third-order valence-electron chi connectivity index (χ3n) is 4.59. The van der Waals surface area contributed by atoms with Gasteiger partial charge in [0.25, 0.3) is 5.91 Å². The number of nitrogens with one attached hydrogen (secondary N) is 1. The second-order valence-corrected chi connectivity index (χ2v) is 6.85. The van der Waals surface area contributed by atoms with Gasteiger partial charge in [0, 0.05) is 12.1 Å². The highest BCUT2D eigenvalue weighted by molar-refractivity contribution is 6.04. The first-order valence-electron chi connectivity index (χ1n) is 8.82. The maximum Gasteiger partial charge on any atom is 0.416 e. The van der Waals surface area contributed by atoms with E-state index in [1.54, 1.807) is 18.3 Å². The standard InChI is InChI=1S/C20H17F3N4O/c1-12-7-8-24-17(9-12)26-19(28)16-11-25-27(18(16)13-5-6-13)15-4-2-3-14(10-15)20(21,22)23/h2-4,7-11,13H,5-6H2,1H3,(H,24,26,28). The number of benzene rings is 1. The molecule has 1 saturated carbocycles. The molecule has 4 rings (SSSR count). The largest absolute Gasteiger partial charge is 0.416 e. The number of carbonyl (C=O) groups excluding carboxylic acids is 1. The Hall–Kier alpha value is -3.16. The van der Waals surface area contributed by atoms with Crippen LogP contribution in [-0.4, -0.2) is 20.7 Å². The van der Waals surface area contributed by atoms with E-state index in [9.17, 15) is 18.0 Å². The minimum absolute atomic E-state index is 0.100.